The van der Waals surface area contributed by atoms with Crippen LogP contribution in [0.4, 0.5) is 0 Å². The van der Waals surface area contributed by atoms with Crippen LogP contribution in [0.2, 0.25) is 0 Å². The molecule has 2 N–H and O–H groups in total. The van der Waals surface area contributed by atoms with E-state index in [2.05, 4.69) is 46.5 Å². The Morgan fingerprint density at radius 1 is 1.14 bits per heavy atom. The van der Waals surface area contributed by atoms with Crippen molar-refractivity contribution in [1.82, 2.24) is 25.4 Å². The molecule has 2 heterocycles. The molecule has 0 bridgehead atoms. The van der Waals surface area contributed by atoms with E-state index in [-0.39, 0.29) is 5.41 Å². The van der Waals surface area contributed by atoms with E-state index >= 15 is 0 Å². The topological polar surface area (TPSA) is 80.3 Å². The molecule has 0 fully saturated rings. The minimum absolute atomic E-state index is 0.0541. The van der Waals surface area contributed by atoms with E-state index in [9.17, 15) is 0 Å². The number of guanidine groups is 1. The zero-order valence-corrected chi connectivity index (χ0v) is 16.9. The van der Waals surface area contributed by atoms with Gasteiger partial charge < -0.3 is 15.1 Å². The Kier molecular flexibility index (Phi) is 6.13. The van der Waals surface area contributed by atoms with Crippen molar-refractivity contribution in [2.45, 2.75) is 46.2 Å². The molecular formula is C21H28N6O. The number of hydrogen-bond acceptors (Lipinski definition) is 4. The Balaban J connectivity index is 1.61. The average Bonchev–Trinajstić information content (AvgIpc) is 3.34. The predicted octanol–water partition coefficient (Wildman–Crippen LogP) is 3.41. The molecule has 0 saturated carbocycles. The molecule has 28 heavy (non-hydrogen) atoms. The van der Waals surface area contributed by atoms with Crippen molar-refractivity contribution in [3.63, 3.8) is 0 Å². The molecule has 7 heteroatoms. The second-order valence-electron chi connectivity index (χ2n) is 7.50. The van der Waals surface area contributed by atoms with Gasteiger partial charge in [0.1, 0.15) is 5.76 Å². The lowest BCUT2D eigenvalue weighted by Crippen LogP contribution is -2.36. The van der Waals surface area contributed by atoms with Gasteiger partial charge in [0, 0.05) is 18.2 Å². The molecular weight excluding hydrogens is 352 g/mol. The van der Waals surface area contributed by atoms with Crippen molar-refractivity contribution >= 4 is 5.96 Å². The lowest BCUT2D eigenvalue weighted by molar-refractivity contribution is 0.379. The number of aliphatic imine (C=N–C) groups is 1. The van der Waals surface area contributed by atoms with Crippen LogP contribution in [0.5, 0.6) is 0 Å². The van der Waals surface area contributed by atoms with Gasteiger partial charge in [-0.2, -0.15) is 5.10 Å². The van der Waals surface area contributed by atoms with Crippen molar-refractivity contribution in [3.05, 3.63) is 66.1 Å². The zero-order valence-electron chi connectivity index (χ0n) is 16.9. The number of rotatable bonds is 6. The summed E-state index contributed by atoms with van der Waals surface area (Å²) < 4.78 is 7.67. The Bertz CT molecular complexity index is 904. The molecule has 0 atom stereocenters. The number of hydrogen-bond donors (Lipinski definition) is 2. The lowest BCUT2D eigenvalue weighted by Gasteiger charge is -2.13. The molecule has 0 unspecified atom stereocenters. The first-order valence-corrected chi connectivity index (χ1v) is 9.53. The Morgan fingerprint density at radius 2 is 1.93 bits per heavy atom. The number of nitrogens with zero attached hydrogens (tertiary/aromatic N) is 4. The fourth-order valence-corrected chi connectivity index (χ4v) is 2.57. The second-order valence-corrected chi connectivity index (χ2v) is 7.50. The number of para-hydroxylation sites is 1. The minimum Gasteiger partial charge on any atom is -0.443 e. The molecule has 148 valence electrons. The summed E-state index contributed by atoms with van der Waals surface area (Å²) in [7, 11) is 0. The van der Waals surface area contributed by atoms with Crippen LogP contribution in [0.3, 0.4) is 0 Å². The van der Waals surface area contributed by atoms with Crippen LogP contribution in [0.25, 0.3) is 5.69 Å². The molecule has 0 aliphatic heterocycles. The molecule has 3 aromatic rings. The highest BCUT2D eigenvalue weighted by Crippen LogP contribution is 2.22. The van der Waals surface area contributed by atoms with E-state index in [1.807, 2.05) is 54.2 Å². The Labute approximate surface area is 165 Å². The van der Waals surface area contributed by atoms with Crippen molar-refractivity contribution < 1.29 is 4.42 Å². The van der Waals surface area contributed by atoms with Gasteiger partial charge in [0.05, 0.1) is 30.7 Å². The van der Waals surface area contributed by atoms with Gasteiger partial charge in [0.25, 0.3) is 0 Å². The van der Waals surface area contributed by atoms with Gasteiger partial charge in [0.2, 0.25) is 5.89 Å². The van der Waals surface area contributed by atoms with Crippen LogP contribution in [0.1, 0.15) is 45.0 Å². The number of nitrogens with one attached hydrogen (secondary N) is 2. The third kappa shape index (κ3) is 5.22. The fraction of sp³-hybridized carbons (Fsp3) is 0.381. The fourth-order valence-electron chi connectivity index (χ4n) is 2.57. The molecule has 7 nitrogen and oxygen atoms in total. The van der Waals surface area contributed by atoms with Crippen molar-refractivity contribution in [2.75, 3.05) is 6.54 Å². The summed E-state index contributed by atoms with van der Waals surface area (Å²) >= 11 is 0. The second kappa shape index (κ2) is 8.73. The summed E-state index contributed by atoms with van der Waals surface area (Å²) in [6.45, 7) is 10.1. The summed E-state index contributed by atoms with van der Waals surface area (Å²) in [5.41, 5.74) is 1.87. The SMILES string of the molecule is CCNC(=NCc1ccn(-c2ccccc2)n1)NCc1ncc(C(C)(C)C)o1. The largest absolute Gasteiger partial charge is 0.443 e. The van der Waals surface area contributed by atoms with Crippen molar-refractivity contribution in [3.8, 4) is 5.69 Å². The summed E-state index contributed by atoms with van der Waals surface area (Å²) in [6.07, 6.45) is 3.73. The van der Waals surface area contributed by atoms with Crippen LogP contribution in [-0.2, 0) is 18.5 Å². The van der Waals surface area contributed by atoms with Gasteiger partial charge in [-0.3, -0.25) is 0 Å². The maximum Gasteiger partial charge on any atom is 0.213 e. The summed E-state index contributed by atoms with van der Waals surface area (Å²) in [5.74, 6) is 2.22. The minimum atomic E-state index is -0.0541. The van der Waals surface area contributed by atoms with Gasteiger partial charge in [-0.15, -0.1) is 0 Å². The average molecular weight is 380 g/mol. The maximum atomic E-state index is 5.82. The maximum absolute atomic E-state index is 5.82. The highest BCUT2D eigenvalue weighted by molar-refractivity contribution is 5.79. The molecule has 2 aromatic heterocycles. The van der Waals surface area contributed by atoms with E-state index in [0.717, 1.165) is 23.7 Å². The summed E-state index contributed by atoms with van der Waals surface area (Å²) in [4.78, 5) is 8.95. The standard InChI is InChI=1S/C21H28N6O/c1-5-22-20(25-15-19-23-14-18(28-19)21(2,3)4)24-13-16-11-12-27(26-16)17-9-7-6-8-10-17/h6-12,14H,5,13,15H2,1-4H3,(H2,22,24,25). The molecule has 1 aromatic carbocycles. The molecule has 0 aliphatic carbocycles. The van der Waals surface area contributed by atoms with E-state index in [1.165, 1.54) is 0 Å². The van der Waals surface area contributed by atoms with Gasteiger partial charge in [0.15, 0.2) is 5.96 Å². The monoisotopic (exact) mass is 380 g/mol. The van der Waals surface area contributed by atoms with Crippen LogP contribution in [0.15, 0.2) is 58.2 Å². The zero-order chi connectivity index (χ0) is 20.0. The molecule has 0 aliphatic rings. The van der Waals surface area contributed by atoms with Crippen molar-refractivity contribution in [2.24, 2.45) is 4.99 Å². The summed E-state index contributed by atoms with van der Waals surface area (Å²) in [6, 6.07) is 12.0. The van der Waals surface area contributed by atoms with E-state index in [0.29, 0.717) is 24.9 Å². The first-order valence-electron chi connectivity index (χ1n) is 9.53. The highest BCUT2D eigenvalue weighted by Gasteiger charge is 2.19. The smallest absolute Gasteiger partial charge is 0.213 e. The quantitative estimate of drug-likeness (QED) is 0.506. The van der Waals surface area contributed by atoms with Crippen molar-refractivity contribution in [1.29, 1.82) is 0 Å². The normalized spacial score (nSPS) is 12.2. The first-order chi connectivity index (χ1) is 13.5. The van der Waals surface area contributed by atoms with Crippen LogP contribution in [0, 0.1) is 0 Å². The third-order valence-electron chi connectivity index (χ3n) is 4.11. The van der Waals surface area contributed by atoms with Gasteiger partial charge in [-0.05, 0) is 25.1 Å². The first kappa shape index (κ1) is 19.7. The molecule has 0 saturated heterocycles. The predicted molar refractivity (Wildman–Crippen MR) is 110 cm³/mol. The molecule has 0 spiro atoms. The van der Waals surface area contributed by atoms with Gasteiger partial charge >= 0.3 is 0 Å². The van der Waals surface area contributed by atoms with Gasteiger partial charge in [-0.1, -0.05) is 39.0 Å². The van der Waals surface area contributed by atoms with E-state index < -0.39 is 0 Å². The Hall–Kier alpha value is -3.09. The molecule has 0 radical (unpaired) electrons. The van der Waals surface area contributed by atoms with E-state index in [4.69, 9.17) is 4.42 Å². The molecule has 3 rings (SSSR count). The van der Waals surface area contributed by atoms with Gasteiger partial charge in [-0.25, -0.2) is 14.7 Å². The molecule has 0 amide bonds. The van der Waals surface area contributed by atoms with Crippen LogP contribution in [-0.4, -0.2) is 27.3 Å². The van der Waals surface area contributed by atoms with Crippen LogP contribution < -0.4 is 10.6 Å². The number of aromatic nitrogens is 3. The Morgan fingerprint density at radius 3 is 2.61 bits per heavy atom. The van der Waals surface area contributed by atoms with E-state index in [1.54, 1.807) is 6.20 Å². The third-order valence-corrected chi connectivity index (χ3v) is 4.11. The number of oxazole rings is 1. The summed E-state index contributed by atoms with van der Waals surface area (Å²) in [5, 5.41) is 11.1. The van der Waals surface area contributed by atoms with Crippen LogP contribution >= 0.6 is 0 Å². The highest BCUT2D eigenvalue weighted by atomic mass is 16.4. The lowest BCUT2D eigenvalue weighted by atomic mass is 9.94. The number of benzene rings is 1.